The minimum Gasteiger partial charge on any atom is -0.481 e. The van der Waals surface area contributed by atoms with Crippen LogP contribution in [0.5, 0.6) is 0 Å². The van der Waals surface area contributed by atoms with E-state index in [2.05, 4.69) is 0 Å². The van der Waals surface area contributed by atoms with Gasteiger partial charge in [0.2, 0.25) is 5.24 Å². The number of carboxylic acids is 2. The Balaban J connectivity index is 0.000000423. The molecule has 15 heavy (non-hydrogen) atoms. The Morgan fingerprint density at radius 1 is 1.13 bits per heavy atom. The van der Waals surface area contributed by atoms with Crippen LogP contribution in [0, 0.1) is 5.41 Å². The smallest absolute Gasteiger partial charge is 0.318 e. The zero-order valence-corrected chi connectivity index (χ0v) is 9.08. The van der Waals surface area contributed by atoms with Crippen molar-refractivity contribution < 1.29 is 24.6 Å². The van der Waals surface area contributed by atoms with Crippen LogP contribution in [0.15, 0.2) is 0 Å². The van der Waals surface area contributed by atoms with Crippen molar-refractivity contribution >= 4 is 28.8 Å². The first-order valence-electron chi connectivity index (χ1n) is 4.46. The van der Waals surface area contributed by atoms with E-state index in [1.54, 1.807) is 0 Å². The molecule has 1 saturated carbocycles. The zero-order chi connectivity index (χ0) is 12.1. The second-order valence-corrected chi connectivity index (χ2v) is 3.73. The lowest BCUT2D eigenvalue weighted by Gasteiger charge is -2.17. The Morgan fingerprint density at radius 3 is 1.60 bits per heavy atom. The van der Waals surface area contributed by atoms with Crippen molar-refractivity contribution in [2.45, 2.75) is 32.6 Å². The Morgan fingerprint density at radius 2 is 1.47 bits per heavy atom. The Labute approximate surface area is 92.0 Å². The van der Waals surface area contributed by atoms with Gasteiger partial charge in [0.1, 0.15) is 5.41 Å². The maximum atomic E-state index is 10.8. The highest BCUT2D eigenvalue weighted by atomic mass is 35.5. The van der Waals surface area contributed by atoms with Crippen molar-refractivity contribution in [1.82, 2.24) is 0 Å². The summed E-state index contributed by atoms with van der Waals surface area (Å²) < 4.78 is 0. The van der Waals surface area contributed by atoms with Crippen LogP contribution in [0.25, 0.3) is 0 Å². The number of rotatable bonds is 2. The summed E-state index contributed by atoms with van der Waals surface area (Å²) in [5.74, 6) is -1.91. The predicted octanol–water partition coefficient (Wildman–Crippen LogP) is 1.49. The minimum absolute atomic E-state index is 0.394. The van der Waals surface area contributed by atoms with E-state index in [-0.39, 0.29) is 0 Å². The quantitative estimate of drug-likeness (QED) is 0.560. The van der Waals surface area contributed by atoms with Crippen LogP contribution in [0.2, 0.25) is 0 Å². The zero-order valence-electron chi connectivity index (χ0n) is 8.33. The van der Waals surface area contributed by atoms with Crippen LogP contribution in [0.1, 0.15) is 32.6 Å². The van der Waals surface area contributed by atoms with Gasteiger partial charge >= 0.3 is 5.97 Å². The maximum absolute atomic E-state index is 10.8. The lowest BCUT2D eigenvalue weighted by Crippen LogP contribution is -2.33. The average molecular weight is 237 g/mol. The van der Waals surface area contributed by atoms with E-state index in [1.807, 2.05) is 0 Å². The molecule has 1 aliphatic carbocycles. The molecule has 1 aliphatic rings. The first-order valence-corrected chi connectivity index (χ1v) is 4.83. The molecule has 0 aromatic carbocycles. The van der Waals surface area contributed by atoms with Crippen LogP contribution in [-0.4, -0.2) is 27.4 Å². The van der Waals surface area contributed by atoms with Crippen molar-refractivity contribution in [2.24, 2.45) is 5.41 Å². The lowest BCUT2D eigenvalue weighted by molar-refractivity contribution is -0.152. The van der Waals surface area contributed by atoms with E-state index in [9.17, 15) is 9.59 Å². The number of carbonyl (C=O) groups excluding carboxylic acids is 1. The summed E-state index contributed by atoms with van der Waals surface area (Å²) in [5.41, 5.74) is -1.26. The number of halogens is 1. The fourth-order valence-electron chi connectivity index (χ4n) is 1.47. The van der Waals surface area contributed by atoms with Gasteiger partial charge in [-0.05, 0) is 24.4 Å². The maximum Gasteiger partial charge on any atom is 0.318 e. The Kier molecular flexibility index (Phi) is 5.28. The van der Waals surface area contributed by atoms with Gasteiger partial charge in [-0.25, -0.2) is 0 Å². The predicted molar refractivity (Wildman–Crippen MR) is 52.7 cm³/mol. The summed E-state index contributed by atoms with van der Waals surface area (Å²) in [6.07, 6.45) is 2.35. The molecular formula is C9H13ClO5. The molecule has 2 N–H and O–H groups in total. The molecule has 0 atom stereocenters. The van der Waals surface area contributed by atoms with Crippen molar-refractivity contribution in [3.8, 4) is 0 Å². The summed E-state index contributed by atoms with van der Waals surface area (Å²) in [4.78, 5) is 30.5. The summed E-state index contributed by atoms with van der Waals surface area (Å²) in [6, 6.07) is 0. The Hall–Kier alpha value is -1.10. The van der Waals surface area contributed by atoms with Crippen LogP contribution >= 0.6 is 11.6 Å². The van der Waals surface area contributed by atoms with E-state index in [0.29, 0.717) is 12.8 Å². The summed E-state index contributed by atoms with van der Waals surface area (Å²) in [6.45, 7) is 1.08. The van der Waals surface area contributed by atoms with E-state index in [4.69, 9.17) is 26.6 Å². The van der Waals surface area contributed by atoms with Crippen LogP contribution < -0.4 is 0 Å². The number of aliphatic carboxylic acids is 2. The topological polar surface area (TPSA) is 91.7 Å². The van der Waals surface area contributed by atoms with Gasteiger partial charge < -0.3 is 10.2 Å². The summed E-state index contributed by atoms with van der Waals surface area (Å²) in [5, 5.41) is 15.4. The van der Waals surface area contributed by atoms with Crippen molar-refractivity contribution in [1.29, 1.82) is 0 Å². The van der Waals surface area contributed by atoms with Crippen LogP contribution in [-0.2, 0) is 14.4 Å². The molecule has 1 rings (SSSR count). The largest absolute Gasteiger partial charge is 0.481 e. The summed E-state index contributed by atoms with van der Waals surface area (Å²) >= 11 is 5.22. The second kappa shape index (κ2) is 5.70. The molecule has 0 aliphatic heterocycles. The third-order valence-corrected chi connectivity index (χ3v) is 2.60. The highest BCUT2D eigenvalue weighted by molar-refractivity contribution is 6.66. The molecule has 0 radical (unpaired) electrons. The van der Waals surface area contributed by atoms with Gasteiger partial charge in [-0.15, -0.1) is 0 Å². The molecule has 0 heterocycles. The highest BCUT2D eigenvalue weighted by Gasteiger charge is 2.47. The number of carboxylic acid groups (broad SMARTS) is 2. The molecule has 6 heteroatoms. The average Bonchev–Trinajstić information content (AvgIpc) is 2.50. The van der Waals surface area contributed by atoms with Gasteiger partial charge in [-0.2, -0.15) is 0 Å². The second-order valence-electron chi connectivity index (χ2n) is 3.39. The van der Waals surface area contributed by atoms with E-state index < -0.39 is 22.6 Å². The minimum atomic E-state index is -1.26. The molecule has 0 unspecified atom stereocenters. The third kappa shape index (κ3) is 3.87. The van der Waals surface area contributed by atoms with Gasteiger partial charge in [0.25, 0.3) is 5.97 Å². The van der Waals surface area contributed by atoms with E-state index in [1.165, 1.54) is 0 Å². The molecular weight excluding hydrogens is 224 g/mol. The van der Waals surface area contributed by atoms with Gasteiger partial charge in [0, 0.05) is 6.92 Å². The molecule has 0 aromatic heterocycles. The molecule has 0 amide bonds. The van der Waals surface area contributed by atoms with Gasteiger partial charge in [-0.3, -0.25) is 14.4 Å². The first kappa shape index (κ1) is 13.9. The number of carbonyl (C=O) groups is 3. The fraction of sp³-hybridized carbons (Fsp3) is 0.667. The fourth-order valence-corrected chi connectivity index (χ4v) is 1.74. The Bertz CT molecular complexity index is 248. The van der Waals surface area contributed by atoms with Crippen molar-refractivity contribution in [2.75, 3.05) is 0 Å². The van der Waals surface area contributed by atoms with E-state index >= 15 is 0 Å². The number of hydrogen-bond acceptors (Lipinski definition) is 3. The molecule has 5 nitrogen and oxygen atoms in total. The normalized spacial score (nSPS) is 17.5. The molecule has 0 bridgehead atoms. The van der Waals surface area contributed by atoms with Crippen molar-refractivity contribution in [3.63, 3.8) is 0 Å². The number of hydrogen-bond donors (Lipinski definition) is 2. The summed E-state index contributed by atoms with van der Waals surface area (Å²) in [7, 11) is 0. The first-order chi connectivity index (χ1) is 6.83. The highest BCUT2D eigenvalue weighted by Crippen LogP contribution is 2.40. The van der Waals surface area contributed by atoms with Crippen LogP contribution in [0.4, 0.5) is 0 Å². The standard InChI is InChI=1S/C7H9ClO3.C2H4O2/c8-5(9)7(6(10)11)3-1-2-4-7;1-2(3)4/h1-4H2,(H,10,11);1H3,(H,3,4). The molecule has 0 aromatic rings. The third-order valence-electron chi connectivity index (χ3n) is 2.24. The lowest BCUT2D eigenvalue weighted by atomic mass is 9.88. The molecule has 0 spiro atoms. The SMILES string of the molecule is CC(=O)O.O=C(O)C1(C(=O)Cl)CCCC1. The van der Waals surface area contributed by atoms with E-state index in [0.717, 1.165) is 19.8 Å². The van der Waals surface area contributed by atoms with Crippen molar-refractivity contribution in [3.05, 3.63) is 0 Å². The van der Waals surface area contributed by atoms with Crippen LogP contribution in [0.3, 0.4) is 0 Å². The molecule has 1 fully saturated rings. The molecule has 0 saturated heterocycles. The van der Waals surface area contributed by atoms with Gasteiger partial charge in [0.05, 0.1) is 0 Å². The molecule has 86 valence electrons. The van der Waals surface area contributed by atoms with Gasteiger partial charge in [0.15, 0.2) is 0 Å². The van der Waals surface area contributed by atoms with Gasteiger partial charge in [-0.1, -0.05) is 12.8 Å². The monoisotopic (exact) mass is 236 g/mol.